The number of anilines is 2. The largest absolute Gasteiger partial charge is 0.488 e. The molecule has 0 fully saturated rings. The molecule has 13 heteroatoms. The molecule has 1 aliphatic heterocycles. The number of benzene rings is 2. The van der Waals surface area contributed by atoms with Crippen molar-refractivity contribution in [2.75, 3.05) is 22.8 Å². The lowest BCUT2D eigenvalue weighted by Crippen LogP contribution is -2.48. The molecule has 0 radical (unpaired) electrons. The van der Waals surface area contributed by atoms with Crippen LogP contribution in [-0.2, 0) is 26.2 Å². The van der Waals surface area contributed by atoms with Crippen molar-refractivity contribution in [2.45, 2.75) is 45.3 Å². The topological polar surface area (TPSA) is 186 Å². The Balaban J connectivity index is 2.04. The van der Waals surface area contributed by atoms with Gasteiger partial charge in [0.05, 0.1) is 18.4 Å². The van der Waals surface area contributed by atoms with E-state index in [2.05, 4.69) is 20.7 Å². The zero-order valence-electron chi connectivity index (χ0n) is 21.1. The van der Waals surface area contributed by atoms with E-state index >= 15 is 0 Å². The Labute approximate surface area is 220 Å². The van der Waals surface area contributed by atoms with Gasteiger partial charge < -0.3 is 26.4 Å². The lowest BCUT2D eigenvalue weighted by molar-refractivity contribution is -0.125. The minimum Gasteiger partial charge on any atom is -0.488 e. The highest BCUT2D eigenvalue weighted by Crippen LogP contribution is 2.27. The molecule has 1 aliphatic rings. The summed E-state index contributed by atoms with van der Waals surface area (Å²) >= 11 is 0. The average molecular weight is 546 g/mol. The number of amides is 4. The van der Waals surface area contributed by atoms with Gasteiger partial charge in [0, 0.05) is 22.5 Å². The van der Waals surface area contributed by atoms with Gasteiger partial charge in [0.25, 0.3) is 5.91 Å². The third-order valence-electron chi connectivity index (χ3n) is 5.72. The van der Waals surface area contributed by atoms with Crippen LogP contribution in [0.25, 0.3) is 0 Å². The van der Waals surface area contributed by atoms with Crippen LogP contribution in [0, 0.1) is 0 Å². The van der Waals surface area contributed by atoms with Gasteiger partial charge in [-0.1, -0.05) is 32.3 Å². The van der Waals surface area contributed by atoms with Crippen molar-refractivity contribution < 1.29 is 32.3 Å². The molecule has 12 nitrogen and oxygen atoms in total. The quantitative estimate of drug-likeness (QED) is 0.326. The molecule has 1 heterocycles. The summed E-state index contributed by atoms with van der Waals surface area (Å²) in [5.74, 6) is -2.34. The first-order chi connectivity index (χ1) is 18.0. The molecule has 38 heavy (non-hydrogen) atoms. The number of hydrogen-bond donors (Lipinski definition) is 5. The number of rotatable bonds is 7. The van der Waals surface area contributed by atoms with Crippen LogP contribution in [0.2, 0.25) is 0 Å². The van der Waals surface area contributed by atoms with Crippen LogP contribution in [-0.4, -0.2) is 50.9 Å². The molecule has 0 aliphatic carbocycles. The second-order valence-electron chi connectivity index (χ2n) is 8.90. The van der Waals surface area contributed by atoms with Crippen molar-refractivity contribution in [2.24, 2.45) is 5.73 Å². The maximum atomic E-state index is 13.3. The average Bonchev–Trinajstić information content (AvgIpc) is 2.84. The Morgan fingerprint density at radius 3 is 2.58 bits per heavy atom. The summed E-state index contributed by atoms with van der Waals surface area (Å²) in [6.07, 6.45) is 3.70. The molecular weight excluding hydrogens is 514 g/mol. The summed E-state index contributed by atoms with van der Waals surface area (Å²) in [5, 5.41) is 7.89. The van der Waals surface area contributed by atoms with E-state index in [1.54, 1.807) is 6.07 Å². The first kappa shape index (κ1) is 28.4. The number of nitrogens with two attached hydrogens (primary N) is 1. The molecule has 4 amide bonds. The zero-order valence-corrected chi connectivity index (χ0v) is 21.9. The van der Waals surface area contributed by atoms with E-state index in [1.807, 2.05) is 6.92 Å². The van der Waals surface area contributed by atoms with Crippen LogP contribution < -0.4 is 31.1 Å². The molecule has 0 bridgehead atoms. The van der Waals surface area contributed by atoms with Gasteiger partial charge in [0.15, 0.2) is 0 Å². The first-order valence-corrected chi connectivity index (χ1v) is 13.9. The molecule has 0 aromatic heterocycles. The minimum atomic E-state index is -3.63. The number of carbonyl (C=O) groups is 4. The predicted molar refractivity (Wildman–Crippen MR) is 141 cm³/mol. The van der Waals surface area contributed by atoms with Crippen molar-refractivity contribution in [3.05, 3.63) is 53.1 Å². The number of primary amides is 1. The molecule has 3 rings (SSSR count). The second kappa shape index (κ2) is 12.4. The Bertz CT molecular complexity index is 1340. The number of sulfonamides is 1. The van der Waals surface area contributed by atoms with Gasteiger partial charge in [0.1, 0.15) is 18.4 Å². The fourth-order valence-electron chi connectivity index (χ4n) is 3.83. The molecule has 204 valence electrons. The van der Waals surface area contributed by atoms with Gasteiger partial charge in [0.2, 0.25) is 27.7 Å². The van der Waals surface area contributed by atoms with Gasteiger partial charge in [-0.25, -0.2) is 8.42 Å². The van der Waals surface area contributed by atoms with Gasteiger partial charge in [-0.05, 0) is 36.8 Å². The van der Waals surface area contributed by atoms with Crippen molar-refractivity contribution >= 4 is 45.0 Å². The minimum absolute atomic E-state index is 0.00310. The fraction of sp³-hybridized carbons (Fsp3) is 0.360. The Morgan fingerprint density at radius 1 is 1.13 bits per heavy atom. The molecule has 0 saturated heterocycles. The summed E-state index contributed by atoms with van der Waals surface area (Å²) in [6.45, 7) is 1.51. The molecule has 6 N–H and O–H groups in total. The Kier molecular flexibility index (Phi) is 9.29. The number of hydrogen-bond acceptors (Lipinski definition) is 7. The number of carbonyl (C=O) groups excluding carboxylic acids is 4. The highest BCUT2D eigenvalue weighted by atomic mass is 32.2. The highest BCUT2D eigenvalue weighted by molar-refractivity contribution is 7.92. The number of nitrogens with one attached hydrogen (secondary N) is 4. The summed E-state index contributed by atoms with van der Waals surface area (Å²) in [7, 11) is -3.63. The monoisotopic (exact) mass is 545 g/mol. The smallest absolute Gasteiger partial charge is 0.255 e. The van der Waals surface area contributed by atoms with E-state index in [0.717, 1.165) is 19.1 Å². The zero-order chi connectivity index (χ0) is 27.9. The molecule has 2 aromatic rings. The fourth-order valence-corrected chi connectivity index (χ4v) is 4.38. The van der Waals surface area contributed by atoms with Gasteiger partial charge in [-0.2, -0.15) is 0 Å². The number of fused-ring (bicyclic) bond motifs is 2. The second-order valence-corrected chi connectivity index (χ2v) is 10.6. The van der Waals surface area contributed by atoms with Gasteiger partial charge in [-0.3, -0.25) is 23.9 Å². The molecule has 0 spiro atoms. The number of ether oxygens (including phenoxy) is 1. The maximum Gasteiger partial charge on any atom is 0.255 e. The van der Waals surface area contributed by atoms with Gasteiger partial charge >= 0.3 is 0 Å². The summed E-state index contributed by atoms with van der Waals surface area (Å²) in [4.78, 5) is 50.5. The van der Waals surface area contributed by atoms with Crippen molar-refractivity contribution in [1.29, 1.82) is 0 Å². The SMILES string of the molecule is CCCCCC1NC(=O)c2cc(NS(C)(=O)=O)ccc2OCc2ccc(C(N)=O)cc2NC(=O)CNC1=O. The highest BCUT2D eigenvalue weighted by Gasteiger charge is 2.25. The summed E-state index contributed by atoms with van der Waals surface area (Å²) in [6, 6.07) is 7.64. The molecular formula is C25H31N5O7S. The van der Waals surface area contributed by atoms with E-state index in [4.69, 9.17) is 10.5 Å². The van der Waals surface area contributed by atoms with Crippen LogP contribution in [0.1, 0.15) is 58.9 Å². The van der Waals surface area contributed by atoms with E-state index in [1.165, 1.54) is 30.3 Å². The van der Waals surface area contributed by atoms with Gasteiger partial charge in [-0.15, -0.1) is 0 Å². The Hall–Kier alpha value is -4.13. The Morgan fingerprint density at radius 2 is 1.89 bits per heavy atom. The first-order valence-electron chi connectivity index (χ1n) is 12.0. The lowest BCUT2D eigenvalue weighted by atomic mass is 10.1. The third-order valence-corrected chi connectivity index (χ3v) is 6.33. The normalized spacial score (nSPS) is 16.5. The van der Waals surface area contributed by atoms with Crippen LogP contribution >= 0.6 is 0 Å². The molecule has 1 atom stereocenters. The van der Waals surface area contributed by atoms with Crippen LogP contribution in [0.5, 0.6) is 5.75 Å². The van der Waals surface area contributed by atoms with Crippen molar-refractivity contribution in [1.82, 2.24) is 10.6 Å². The van der Waals surface area contributed by atoms with E-state index in [-0.39, 0.29) is 41.4 Å². The van der Waals surface area contributed by atoms with Crippen LogP contribution in [0.15, 0.2) is 36.4 Å². The van der Waals surface area contributed by atoms with E-state index < -0.39 is 39.7 Å². The summed E-state index contributed by atoms with van der Waals surface area (Å²) < 4.78 is 31.7. The van der Waals surface area contributed by atoms with Crippen LogP contribution in [0.4, 0.5) is 11.4 Å². The van der Waals surface area contributed by atoms with E-state index in [9.17, 15) is 27.6 Å². The van der Waals surface area contributed by atoms with Crippen LogP contribution in [0.3, 0.4) is 0 Å². The predicted octanol–water partition coefficient (Wildman–Crippen LogP) is 1.48. The van der Waals surface area contributed by atoms with Crippen molar-refractivity contribution in [3.63, 3.8) is 0 Å². The molecule has 1 unspecified atom stereocenters. The standard InChI is InChI=1S/C25H31N5O7S/c1-3-4-5-6-19-25(34)27-13-22(31)28-20-11-15(23(26)32)7-8-16(20)14-37-21-10-9-17(30-38(2,35)36)12-18(21)24(33)29-19/h7-12,19,30H,3-6,13-14H2,1-2H3,(H2,26,32)(H,27,34)(H,28,31)(H,29,33). The lowest BCUT2D eigenvalue weighted by Gasteiger charge is -2.21. The van der Waals surface area contributed by atoms with E-state index in [0.29, 0.717) is 18.4 Å². The molecule has 2 aromatic carbocycles. The third kappa shape index (κ3) is 7.93. The molecule has 0 saturated carbocycles. The maximum absolute atomic E-state index is 13.3. The number of unbranched alkanes of at least 4 members (excludes halogenated alkanes) is 2. The summed E-state index contributed by atoms with van der Waals surface area (Å²) in [5.41, 5.74) is 6.39. The van der Waals surface area contributed by atoms with Crippen molar-refractivity contribution in [3.8, 4) is 5.75 Å².